The zero-order chi connectivity index (χ0) is 13.0. The van der Waals surface area contributed by atoms with Crippen molar-refractivity contribution in [3.8, 4) is 0 Å². The van der Waals surface area contributed by atoms with Crippen molar-refractivity contribution >= 4 is 5.78 Å². The molecule has 1 aromatic heterocycles. The minimum Gasteiger partial charge on any atom is -0.299 e. The van der Waals surface area contributed by atoms with E-state index in [2.05, 4.69) is 5.10 Å². The number of benzene rings is 1. The van der Waals surface area contributed by atoms with Crippen molar-refractivity contribution in [3.05, 3.63) is 53.3 Å². The van der Waals surface area contributed by atoms with Crippen LogP contribution in [0.15, 0.2) is 36.7 Å². The lowest BCUT2D eigenvalue weighted by atomic mass is 10.0. The number of aryl methyl sites for hydroxylation is 2. The van der Waals surface area contributed by atoms with Crippen LogP contribution in [0.4, 0.5) is 0 Å². The maximum absolute atomic E-state index is 12.0. The van der Waals surface area contributed by atoms with Crippen LogP contribution in [0.25, 0.3) is 0 Å². The number of hydrogen-bond acceptors (Lipinski definition) is 2. The molecule has 0 spiro atoms. The Morgan fingerprint density at radius 3 is 2.72 bits per heavy atom. The molecular weight excluding hydrogens is 224 g/mol. The van der Waals surface area contributed by atoms with Gasteiger partial charge in [-0.2, -0.15) is 5.10 Å². The molecule has 18 heavy (non-hydrogen) atoms. The lowest BCUT2D eigenvalue weighted by molar-refractivity contribution is -0.117. The van der Waals surface area contributed by atoms with E-state index in [0.717, 1.165) is 17.7 Å². The summed E-state index contributed by atoms with van der Waals surface area (Å²) in [5.74, 6) is 0.236. The molecule has 0 aliphatic heterocycles. The van der Waals surface area contributed by atoms with E-state index in [4.69, 9.17) is 0 Å². The van der Waals surface area contributed by atoms with Crippen molar-refractivity contribution in [3.63, 3.8) is 0 Å². The zero-order valence-electron chi connectivity index (χ0n) is 10.9. The van der Waals surface area contributed by atoms with E-state index < -0.39 is 0 Å². The van der Waals surface area contributed by atoms with Gasteiger partial charge in [0.05, 0.1) is 6.20 Å². The Morgan fingerprint density at radius 2 is 2.06 bits per heavy atom. The lowest BCUT2D eigenvalue weighted by Gasteiger charge is -2.03. The Bertz CT molecular complexity index is 543. The van der Waals surface area contributed by atoms with Crippen molar-refractivity contribution in [1.82, 2.24) is 9.78 Å². The normalized spacial score (nSPS) is 10.6. The van der Waals surface area contributed by atoms with Gasteiger partial charge in [0.15, 0.2) is 0 Å². The van der Waals surface area contributed by atoms with Gasteiger partial charge in [-0.3, -0.25) is 9.48 Å². The summed E-state index contributed by atoms with van der Waals surface area (Å²) >= 11 is 0. The van der Waals surface area contributed by atoms with Crippen LogP contribution in [-0.4, -0.2) is 15.6 Å². The van der Waals surface area contributed by atoms with E-state index in [9.17, 15) is 4.79 Å². The fraction of sp³-hybridized carbons (Fsp3) is 0.333. The average molecular weight is 242 g/mol. The number of ketones is 1. The molecule has 1 aromatic carbocycles. The summed E-state index contributed by atoms with van der Waals surface area (Å²) < 4.78 is 1.84. The first-order chi connectivity index (χ1) is 8.69. The Hall–Kier alpha value is -1.90. The molecule has 0 N–H and O–H groups in total. The zero-order valence-corrected chi connectivity index (χ0v) is 10.9. The quantitative estimate of drug-likeness (QED) is 0.807. The molecule has 0 aliphatic carbocycles. The Morgan fingerprint density at radius 1 is 1.28 bits per heavy atom. The molecule has 0 bridgehead atoms. The number of aromatic nitrogens is 2. The second-order valence-corrected chi connectivity index (χ2v) is 4.52. The fourth-order valence-corrected chi connectivity index (χ4v) is 1.98. The molecule has 3 nitrogen and oxygen atoms in total. The van der Waals surface area contributed by atoms with E-state index in [1.165, 1.54) is 5.56 Å². The molecule has 0 atom stereocenters. The van der Waals surface area contributed by atoms with Crippen LogP contribution in [-0.2, 0) is 24.2 Å². The number of Topliss-reactive ketones (excluding diaryl/α,β-unsaturated/α-hetero) is 1. The second kappa shape index (κ2) is 5.63. The fourth-order valence-electron chi connectivity index (χ4n) is 1.98. The number of hydrogen-bond donors (Lipinski definition) is 0. The van der Waals surface area contributed by atoms with Gasteiger partial charge in [0.1, 0.15) is 5.78 Å². The largest absolute Gasteiger partial charge is 0.299 e. The summed E-state index contributed by atoms with van der Waals surface area (Å²) in [4.78, 5) is 12.0. The van der Waals surface area contributed by atoms with Crippen molar-refractivity contribution in [2.45, 2.75) is 33.2 Å². The summed E-state index contributed by atoms with van der Waals surface area (Å²) in [6, 6.07) is 8.03. The van der Waals surface area contributed by atoms with Gasteiger partial charge in [0.25, 0.3) is 0 Å². The summed E-state index contributed by atoms with van der Waals surface area (Å²) in [6.45, 7) is 4.91. The van der Waals surface area contributed by atoms with Crippen molar-refractivity contribution < 1.29 is 4.79 Å². The van der Waals surface area contributed by atoms with Gasteiger partial charge in [-0.1, -0.05) is 24.3 Å². The molecule has 0 amide bonds. The van der Waals surface area contributed by atoms with Gasteiger partial charge in [0.2, 0.25) is 0 Å². The van der Waals surface area contributed by atoms with Crippen LogP contribution in [0.3, 0.4) is 0 Å². The molecule has 0 saturated carbocycles. The van der Waals surface area contributed by atoms with E-state index in [-0.39, 0.29) is 5.78 Å². The van der Waals surface area contributed by atoms with Crippen molar-refractivity contribution in [2.75, 3.05) is 0 Å². The number of rotatable bonds is 5. The molecule has 0 fully saturated rings. The number of carbonyl (C=O) groups excluding carboxylic acids is 1. The maximum Gasteiger partial charge on any atom is 0.141 e. The highest BCUT2D eigenvalue weighted by Crippen LogP contribution is 2.10. The van der Waals surface area contributed by atoms with Crippen molar-refractivity contribution in [2.24, 2.45) is 0 Å². The van der Waals surface area contributed by atoms with E-state index in [0.29, 0.717) is 12.8 Å². The monoisotopic (exact) mass is 242 g/mol. The number of nitrogens with zero attached hydrogens (tertiary/aromatic N) is 2. The first kappa shape index (κ1) is 12.6. The Balaban J connectivity index is 1.99. The van der Waals surface area contributed by atoms with E-state index >= 15 is 0 Å². The number of carbonyl (C=O) groups is 1. The summed E-state index contributed by atoms with van der Waals surface area (Å²) in [7, 11) is 0. The highest BCUT2D eigenvalue weighted by molar-refractivity contribution is 5.83. The predicted octanol–water partition coefficient (Wildman–Crippen LogP) is 2.57. The predicted molar refractivity (Wildman–Crippen MR) is 71.5 cm³/mol. The smallest absolute Gasteiger partial charge is 0.141 e. The van der Waals surface area contributed by atoms with Crippen LogP contribution < -0.4 is 0 Å². The highest BCUT2D eigenvalue weighted by atomic mass is 16.1. The summed E-state index contributed by atoms with van der Waals surface area (Å²) in [6.07, 6.45) is 4.69. The Kier molecular flexibility index (Phi) is 3.92. The van der Waals surface area contributed by atoms with Gasteiger partial charge in [0, 0.05) is 25.6 Å². The lowest BCUT2D eigenvalue weighted by Crippen LogP contribution is -2.07. The summed E-state index contributed by atoms with van der Waals surface area (Å²) in [5, 5.41) is 4.18. The molecule has 1 heterocycles. The third-order valence-electron chi connectivity index (χ3n) is 3.06. The molecule has 0 radical (unpaired) electrons. The third-order valence-corrected chi connectivity index (χ3v) is 3.06. The van der Waals surface area contributed by atoms with Crippen LogP contribution >= 0.6 is 0 Å². The molecule has 2 aromatic rings. The van der Waals surface area contributed by atoms with Gasteiger partial charge in [-0.25, -0.2) is 0 Å². The van der Waals surface area contributed by atoms with Crippen LogP contribution in [0.1, 0.15) is 23.6 Å². The van der Waals surface area contributed by atoms with Gasteiger partial charge in [-0.05, 0) is 30.5 Å². The summed E-state index contributed by atoms with van der Waals surface area (Å²) in [5.41, 5.74) is 3.29. The van der Waals surface area contributed by atoms with Crippen LogP contribution in [0.2, 0.25) is 0 Å². The maximum atomic E-state index is 12.0. The second-order valence-electron chi connectivity index (χ2n) is 4.52. The minimum atomic E-state index is 0.236. The highest BCUT2D eigenvalue weighted by Gasteiger charge is 2.08. The van der Waals surface area contributed by atoms with Gasteiger partial charge in [-0.15, -0.1) is 0 Å². The topological polar surface area (TPSA) is 34.9 Å². The van der Waals surface area contributed by atoms with Crippen LogP contribution in [0, 0.1) is 6.92 Å². The molecule has 2 rings (SSSR count). The van der Waals surface area contributed by atoms with Crippen molar-refractivity contribution in [1.29, 1.82) is 0 Å². The molecule has 94 valence electrons. The van der Waals surface area contributed by atoms with E-state index in [1.54, 1.807) is 6.20 Å². The minimum absolute atomic E-state index is 0.236. The van der Waals surface area contributed by atoms with E-state index in [1.807, 2.05) is 49.0 Å². The van der Waals surface area contributed by atoms with Gasteiger partial charge >= 0.3 is 0 Å². The molecule has 0 aliphatic rings. The third kappa shape index (κ3) is 3.06. The van der Waals surface area contributed by atoms with Crippen LogP contribution in [0.5, 0.6) is 0 Å². The molecule has 0 unspecified atom stereocenters. The van der Waals surface area contributed by atoms with Gasteiger partial charge < -0.3 is 0 Å². The molecular formula is C15H18N2O. The molecule has 0 saturated heterocycles. The average Bonchev–Trinajstić information content (AvgIpc) is 2.80. The standard InChI is InChI=1S/C15H18N2O/c1-3-17-11-13(10-16-17)8-15(18)9-14-7-5-4-6-12(14)2/h4-7,10-11H,3,8-9H2,1-2H3. The first-order valence-corrected chi connectivity index (χ1v) is 6.26. The Labute approximate surface area is 107 Å². The molecule has 3 heteroatoms. The first-order valence-electron chi connectivity index (χ1n) is 6.26. The SMILES string of the molecule is CCn1cc(CC(=O)Cc2ccccc2C)cn1.